The SMILES string of the molecule is CC1=C(C(=O)OC(C)C)C(c2ccc([N+](=O)[O-])cc2)n2c(nc3ccccc32)N1. The zero-order valence-corrected chi connectivity index (χ0v) is 16.2. The number of nitrogens with one attached hydrogen (secondary N) is 1. The lowest BCUT2D eigenvalue weighted by atomic mass is 9.95. The number of nitrogens with zero attached hydrogens (tertiary/aromatic N) is 3. The van der Waals surface area contributed by atoms with Crippen LogP contribution in [-0.2, 0) is 9.53 Å². The number of fused-ring (bicyclic) bond motifs is 3. The normalized spacial score (nSPS) is 15.9. The van der Waals surface area contributed by atoms with Crippen molar-refractivity contribution in [2.75, 3.05) is 5.32 Å². The molecule has 8 nitrogen and oxygen atoms in total. The first-order chi connectivity index (χ1) is 13.9. The number of benzene rings is 2. The average molecular weight is 392 g/mol. The van der Waals surface area contributed by atoms with Gasteiger partial charge in [-0.05, 0) is 50.6 Å². The first-order valence-electron chi connectivity index (χ1n) is 9.27. The summed E-state index contributed by atoms with van der Waals surface area (Å²) in [7, 11) is 0. The maximum atomic E-state index is 13.0. The van der Waals surface area contributed by atoms with Crippen LogP contribution in [0.25, 0.3) is 11.0 Å². The van der Waals surface area contributed by atoms with Crippen molar-refractivity contribution in [2.45, 2.75) is 32.9 Å². The first-order valence-corrected chi connectivity index (χ1v) is 9.27. The maximum Gasteiger partial charge on any atom is 0.338 e. The third-order valence-electron chi connectivity index (χ3n) is 4.81. The highest BCUT2D eigenvalue weighted by molar-refractivity contribution is 5.94. The molecule has 1 N–H and O–H groups in total. The summed E-state index contributed by atoms with van der Waals surface area (Å²) in [5.74, 6) is 0.171. The smallest absolute Gasteiger partial charge is 0.338 e. The molecule has 2 heterocycles. The number of hydrogen-bond acceptors (Lipinski definition) is 6. The summed E-state index contributed by atoms with van der Waals surface area (Å²) < 4.78 is 7.43. The molecule has 0 saturated carbocycles. The number of para-hydroxylation sites is 2. The van der Waals surface area contributed by atoms with E-state index in [4.69, 9.17) is 4.74 Å². The van der Waals surface area contributed by atoms with E-state index in [2.05, 4.69) is 10.3 Å². The molecule has 4 rings (SSSR count). The minimum atomic E-state index is -0.522. The van der Waals surface area contributed by atoms with Crippen LogP contribution in [-0.4, -0.2) is 26.5 Å². The van der Waals surface area contributed by atoms with Crippen molar-refractivity contribution < 1.29 is 14.5 Å². The quantitative estimate of drug-likeness (QED) is 0.406. The Balaban J connectivity index is 1.93. The molecule has 0 saturated heterocycles. The third-order valence-corrected chi connectivity index (χ3v) is 4.81. The van der Waals surface area contributed by atoms with E-state index in [0.29, 0.717) is 17.2 Å². The average Bonchev–Trinajstić information content (AvgIpc) is 3.04. The Labute approximate surface area is 167 Å². The fraction of sp³-hybridized carbons (Fsp3) is 0.238. The van der Waals surface area contributed by atoms with Crippen LogP contribution in [0.3, 0.4) is 0 Å². The van der Waals surface area contributed by atoms with Crippen LogP contribution in [0.1, 0.15) is 32.4 Å². The second-order valence-corrected chi connectivity index (χ2v) is 7.16. The van der Waals surface area contributed by atoms with E-state index in [9.17, 15) is 14.9 Å². The number of carbonyl (C=O) groups excluding carboxylic acids is 1. The summed E-state index contributed by atoms with van der Waals surface area (Å²) in [6.07, 6.45) is -0.277. The minimum Gasteiger partial charge on any atom is -0.459 e. The molecule has 1 aliphatic rings. The van der Waals surface area contributed by atoms with E-state index < -0.39 is 16.9 Å². The monoisotopic (exact) mass is 392 g/mol. The second kappa shape index (κ2) is 7.05. The number of allylic oxidation sites excluding steroid dienone is 1. The Morgan fingerprint density at radius 2 is 1.90 bits per heavy atom. The molecule has 0 amide bonds. The predicted octanol–water partition coefficient (Wildman–Crippen LogP) is 4.19. The number of anilines is 1. The van der Waals surface area contributed by atoms with E-state index in [0.717, 1.165) is 16.6 Å². The molecule has 1 aromatic heterocycles. The van der Waals surface area contributed by atoms with Crippen molar-refractivity contribution in [3.63, 3.8) is 0 Å². The highest BCUT2D eigenvalue weighted by atomic mass is 16.6. The molecule has 0 fully saturated rings. The lowest BCUT2D eigenvalue weighted by Crippen LogP contribution is -2.30. The van der Waals surface area contributed by atoms with Gasteiger partial charge in [-0.3, -0.25) is 14.7 Å². The highest BCUT2D eigenvalue weighted by Gasteiger charge is 2.35. The van der Waals surface area contributed by atoms with Gasteiger partial charge in [0.15, 0.2) is 0 Å². The van der Waals surface area contributed by atoms with Gasteiger partial charge in [-0.15, -0.1) is 0 Å². The lowest BCUT2D eigenvalue weighted by molar-refractivity contribution is -0.384. The van der Waals surface area contributed by atoms with Gasteiger partial charge in [0.2, 0.25) is 5.95 Å². The van der Waals surface area contributed by atoms with E-state index >= 15 is 0 Å². The van der Waals surface area contributed by atoms with E-state index in [1.165, 1.54) is 12.1 Å². The van der Waals surface area contributed by atoms with E-state index in [1.54, 1.807) is 32.9 Å². The summed E-state index contributed by atoms with van der Waals surface area (Å²) in [5.41, 5.74) is 3.45. The van der Waals surface area contributed by atoms with Crippen LogP contribution in [0.15, 0.2) is 59.8 Å². The Hall–Kier alpha value is -3.68. The number of non-ortho nitro benzene ring substituents is 1. The Morgan fingerprint density at radius 1 is 1.21 bits per heavy atom. The van der Waals surface area contributed by atoms with Gasteiger partial charge in [0.1, 0.15) is 0 Å². The van der Waals surface area contributed by atoms with Crippen molar-refractivity contribution in [3.05, 3.63) is 75.5 Å². The van der Waals surface area contributed by atoms with Crippen molar-refractivity contribution in [3.8, 4) is 0 Å². The van der Waals surface area contributed by atoms with Crippen LogP contribution in [0.2, 0.25) is 0 Å². The van der Waals surface area contributed by atoms with E-state index in [-0.39, 0.29) is 11.8 Å². The first kappa shape index (κ1) is 18.7. The van der Waals surface area contributed by atoms with Gasteiger partial charge in [0.25, 0.3) is 5.69 Å². The number of aromatic nitrogens is 2. The molecular formula is C21H20N4O4. The number of esters is 1. The fourth-order valence-electron chi connectivity index (χ4n) is 3.60. The van der Waals surface area contributed by atoms with Crippen LogP contribution in [0.4, 0.5) is 11.6 Å². The third kappa shape index (κ3) is 3.22. The molecule has 8 heteroatoms. The van der Waals surface area contributed by atoms with Gasteiger partial charge < -0.3 is 10.1 Å². The molecule has 29 heavy (non-hydrogen) atoms. The molecule has 0 radical (unpaired) electrons. The molecule has 1 atom stereocenters. The molecule has 0 aliphatic carbocycles. The summed E-state index contributed by atoms with van der Waals surface area (Å²) in [6, 6.07) is 13.3. The molecular weight excluding hydrogens is 372 g/mol. The van der Waals surface area contributed by atoms with Gasteiger partial charge in [0, 0.05) is 17.8 Å². The summed E-state index contributed by atoms with van der Waals surface area (Å²) in [4.78, 5) is 28.2. The Morgan fingerprint density at radius 3 is 2.55 bits per heavy atom. The van der Waals surface area contributed by atoms with Crippen LogP contribution >= 0.6 is 0 Å². The summed E-state index contributed by atoms with van der Waals surface area (Å²) >= 11 is 0. The van der Waals surface area contributed by atoms with Crippen molar-refractivity contribution >= 4 is 28.6 Å². The van der Waals surface area contributed by atoms with Gasteiger partial charge in [-0.1, -0.05) is 12.1 Å². The molecule has 0 bridgehead atoms. The number of nitro benzene ring substituents is 1. The van der Waals surface area contributed by atoms with Gasteiger partial charge >= 0.3 is 5.97 Å². The summed E-state index contributed by atoms with van der Waals surface area (Å²) in [6.45, 7) is 5.39. The number of imidazole rings is 1. The predicted molar refractivity (Wildman–Crippen MR) is 109 cm³/mol. The largest absolute Gasteiger partial charge is 0.459 e. The standard InChI is InChI=1S/C21H20N4O4/c1-12(2)29-20(26)18-13(3)22-21-23-16-6-4-5-7-17(16)24(21)19(18)14-8-10-15(11-9-14)25(27)28/h4-12,19H,1-3H3,(H,22,23). The van der Waals surface area contributed by atoms with E-state index in [1.807, 2.05) is 28.8 Å². The number of nitro groups is 1. The molecule has 0 spiro atoms. The zero-order valence-electron chi connectivity index (χ0n) is 16.2. The highest BCUT2D eigenvalue weighted by Crippen LogP contribution is 2.39. The molecule has 2 aromatic carbocycles. The van der Waals surface area contributed by atoms with Crippen molar-refractivity contribution in [1.29, 1.82) is 0 Å². The van der Waals surface area contributed by atoms with Crippen molar-refractivity contribution in [2.24, 2.45) is 0 Å². The lowest BCUT2D eigenvalue weighted by Gasteiger charge is -2.30. The number of rotatable bonds is 4. The molecule has 3 aromatic rings. The molecule has 1 aliphatic heterocycles. The number of carbonyl (C=O) groups is 1. The second-order valence-electron chi connectivity index (χ2n) is 7.16. The maximum absolute atomic E-state index is 13.0. The van der Waals surface area contributed by atoms with Gasteiger partial charge in [0.05, 0.1) is 33.7 Å². The zero-order chi connectivity index (χ0) is 20.7. The molecule has 1 unspecified atom stereocenters. The fourth-order valence-corrected chi connectivity index (χ4v) is 3.60. The minimum absolute atomic E-state index is 0.00888. The molecule has 148 valence electrons. The van der Waals surface area contributed by atoms with Crippen LogP contribution in [0, 0.1) is 10.1 Å². The Bertz CT molecular complexity index is 1150. The number of ether oxygens (including phenoxy) is 1. The van der Waals surface area contributed by atoms with Crippen LogP contribution in [0.5, 0.6) is 0 Å². The topological polar surface area (TPSA) is 99.3 Å². The number of hydrogen-bond donors (Lipinski definition) is 1. The summed E-state index contributed by atoms with van der Waals surface area (Å²) in [5, 5.41) is 14.3. The Kier molecular flexibility index (Phi) is 4.54. The van der Waals surface area contributed by atoms with Gasteiger partial charge in [-0.2, -0.15) is 0 Å². The van der Waals surface area contributed by atoms with Crippen LogP contribution < -0.4 is 5.32 Å². The van der Waals surface area contributed by atoms with Gasteiger partial charge in [-0.25, -0.2) is 9.78 Å². The van der Waals surface area contributed by atoms with Crippen molar-refractivity contribution in [1.82, 2.24) is 9.55 Å².